The Labute approximate surface area is 193 Å². The molecule has 2 aromatic carbocycles. The fraction of sp³-hybridized carbons (Fsp3) is 0.308. The van der Waals surface area contributed by atoms with Crippen LogP contribution in [0.5, 0.6) is 0 Å². The van der Waals surface area contributed by atoms with Gasteiger partial charge in [-0.3, -0.25) is 4.79 Å². The Hall–Kier alpha value is -3.45. The van der Waals surface area contributed by atoms with E-state index >= 15 is 0 Å². The third-order valence-electron chi connectivity index (χ3n) is 6.45. The minimum atomic E-state index is -0.237. The van der Waals surface area contributed by atoms with E-state index in [1.807, 2.05) is 23.1 Å². The number of carbonyl (C=O) groups excluding carboxylic acids is 1. The first-order chi connectivity index (χ1) is 16.2. The molecule has 0 spiro atoms. The van der Waals surface area contributed by atoms with Crippen LogP contribution in [0.25, 0.3) is 0 Å². The van der Waals surface area contributed by atoms with E-state index in [0.29, 0.717) is 18.7 Å². The lowest BCUT2D eigenvalue weighted by atomic mass is 10.0. The second-order valence-electron chi connectivity index (χ2n) is 8.49. The molecule has 1 atom stereocenters. The van der Waals surface area contributed by atoms with Crippen LogP contribution in [-0.2, 0) is 0 Å². The SMILES string of the molecule is O=C(c1cccnc1N1CCN[C@H](c2ccccc2)C1)N1CCN(c2ccc(F)cc2)CC1. The number of pyridine rings is 1. The van der Waals surface area contributed by atoms with Gasteiger partial charge in [-0.15, -0.1) is 0 Å². The van der Waals surface area contributed by atoms with Gasteiger partial charge < -0.3 is 20.0 Å². The summed E-state index contributed by atoms with van der Waals surface area (Å²) in [4.78, 5) is 24.4. The summed E-state index contributed by atoms with van der Waals surface area (Å²) < 4.78 is 13.2. The van der Waals surface area contributed by atoms with Gasteiger partial charge in [-0.2, -0.15) is 0 Å². The van der Waals surface area contributed by atoms with Gasteiger partial charge in [-0.25, -0.2) is 9.37 Å². The summed E-state index contributed by atoms with van der Waals surface area (Å²) in [5.74, 6) is 0.539. The van der Waals surface area contributed by atoms with E-state index < -0.39 is 0 Å². The second kappa shape index (κ2) is 9.58. The maximum atomic E-state index is 13.5. The molecule has 2 fully saturated rings. The molecule has 0 unspecified atom stereocenters. The van der Waals surface area contributed by atoms with E-state index in [-0.39, 0.29) is 17.8 Å². The summed E-state index contributed by atoms with van der Waals surface area (Å²) >= 11 is 0. The zero-order valence-corrected chi connectivity index (χ0v) is 18.5. The van der Waals surface area contributed by atoms with Crippen LogP contribution < -0.4 is 15.1 Å². The first-order valence-corrected chi connectivity index (χ1v) is 11.5. The molecule has 6 nitrogen and oxygen atoms in total. The molecule has 170 valence electrons. The Morgan fingerprint density at radius 3 is 2.39 bits per heavy atom. The molecular weight excluding hydrogens is 417 g/mol. The highest BCUT2D eigenvalue weighted by molar-refractivity contribution is 5.99. The number of rotatable bonds is 4. The van der Waals surface area contributed by atoms with Crippen molar-refractivity contribution in [3.05, 3.63) is 89.9 Å². The molecule has 0 aliphatic carbocycles. The van der Waals surface area contributed by atoms with Crippen molar-refractivity contribution in [3.8, 4) is 0 Å². The van der Waals surface area contributed by atoms with Gasteiger partial charge in [0.25, 0.3) is 5.91 Å². The first-order valence-electron chi connectivity index (χ1n) is 11.5. The Morgan fingerprint density at radius 2 is 1.64 bits per heavy atom. The highest BCUT2D eigenvalue weighted by Crippen LogP contribution is 2.25. The molecule has 2 saturated heterocycles. The van der Waals surface area contributed by atoms with Crippen molar-refractivity contribution in [2.45, 2.75) is 6.04 Å². The largest absolute Gasteiger partial charge is 0.368 e. The number of carbonyl (C=O) groups is 1. The zero-order chi connectivity index (χ0) is 22.6. The van der Waals surface area contributed by atoms with Crippen LogP contribution in [-0.4, -0.2) is 61.6 Å². The predicted molar refractivity (Wildman–Crippen MR) is 128 cm³/mol. The molecule has 33 heavy (non-hydrogen) atoms. The Kier molecular flexibility index (Phi) is 6.21. The maximum Gasteiger partial charge on any atom is 0.257 e. The van der Waals surface area contributed by atoms with Gasteiger partial charge in [-0.1, -0.05) is 30.3 Å². The Bertz CT molecular complexity index is 1080. The molecule has 3 aromatic rings. The first kappa shape index (κ1) is 21.4. The number of nitrogens with one attached hydrogen (secondary N) is 1. The number of amides is 1. The molecule has 1 amide bonds. The van der Waals surface area contributed by atoms with E-state index in [1.165, 1.54) is 17.7 Å². The van der Waals surface area contributed by atoms with E-state index in [9.17, 15) is 9.18 Å². The predicted octanol–water partition coefficient (Wildman–Crippen LogP) is 3.33. The minimum absolute atomic E-state index is 0.0200. The van der Waals surface area contributed by atoms with Crippen LogP contribution in [0.3, 0.4) is 0 Å². The second-order valence-corrected chi connectivity index (χ2v) is 8.49. The Balaban J connectivity index is 1.29. The van der Waals surface area contributed by atoms with Gasteiger partial charge in [0.05, 0.1) is 5.56 Å². The van der Waals surface area contributed by atoms with Gasteiger partial charge in [-0.05, 0) is 42.0 Å². The molecule has 3 heterocycles. The van der Waals surface area contributed by atoms with Gasteiger partial charge >= 0.3 is 0 Å². The van der Waals surface area contributed by atoms with E-state index in [1.54, 1.807) is 18.3 Å². The summed E-state index contributed by atoms with van der Waals surface area (Å²) in [6, 6.07) is 20.8. The van der Waals surface area contributed by atoms with Crippen LogP contribution in [0.4, 0.5) is 15.9 Å². The van der Waals surface area contributed by atoms with Crippen LogP contribution >= 0.6 is 0 Å². The molecule has 0 radical (unpaired) electrons. The average molecular weight is 446 g/mol. The molecule has 7 heteroatoms. The molecule has 2 aliphatic heterocycles. The number of piperazine rings is 2. The van der Waals surface area contributed by atoms with Crippen molar-refractivity contribution in [1.82, 2.24) is 15.2 Å². The van der Waals surface area contributed by atoms with E-state index in [2.05, 4.69) is 44.4 Å². The highest BCUT2D eigenvalue weighted by Gasteiger charge is 2.28. The monoisotopic (exact) mass is 445 g/mol. The van der Waals surface area contributed by atoms with E-state index in [0.717, 1.165) is 44.2 Å². The minimum Gasteiger partial charge on any atom is -0.368 e. The van der Waals surface area contributed by atoms with Crippen LogP contribution in [0.15, 0.2) is 72.9 Å². The lowest BCUT2D eigenvalue weighted by Crippen LogP contribution is -2.50. The summed E-state index contributed by atoms with van der Waals surface area (Å²) in [5.41, 5.74) is 2.88. The molecule has 2 aliphatic rings. The topological polar surface area (TPSA) is 51.7 Å². The van der Waals surface area contributed by atoms with Gasteiger partial charge in [0.2, 0.25) is 0 Å². The van der Waals surface area contributed by atoms with Crippen molar-refractivity contribution in [1.29, 1.82) is 0 Å². The molecule has 1 N–H and O–H groups in total. The van der Waals surface area contributed by atoms with Crippen LogP contribution in [0, 0.1) is 5.82 Å². The number of hydrogen-bond donors (Lipinski definition) is 1. The molecule has 1 aromatic heterocycles. The smallest absolute Gasteiger partial charge is 0.257 e. The summed E-state index contributed by atoms with van der Waals surface area (Å²) in [7, 11) is 0. The maximum absolute atomic E-state index is 13.5. The Morgan fingerprint density at radius 1 is 0.879 bits per heavy atom. The highest BCUT2D eigenvalue weighted by atomic mass is 19.1. The number of nitrogens with zero attached hydrogens (tertiary/aromatic N) is 4. The van der Waals surface area contributed by atoms with Crippen molar-refractivity contribution >= 4 is 17.4 Å². The summed E-state index contributed by atoms with van der Waals surface area (Å²) in [6.45, 7) is 5.09. The van der Waals surface area contributed by atoms with Crippen molar-refractivity contribution < 1.29 is 9.18 Å². The zero-order valence-electron chi connectivity index (χ0n) is 18.5. The number of halogens is 1. The van der Waals surface area contributed by atoms with Crippen molar-refractivity contribution in [2.75, 3.05) is 55.6 Å². The third-order valence-corrected chi connectivity index (χ3v) is 6.45. The standard InChI is InChI=1S/C26H28FN5O/c27-21-8-10-22(11-9-21)30-15-17-31(18-16-30)26(33)23-7-4-12-29-25(23)32-14-13-28-24(19-32)20-5-2-1-3-6-20/h1-12,24,28H,13-19H2/t24-/m0/s1. The van der Waals surface area contributed by atoms with Gasteiger partial charge in [0, 0.05) is 63.7 Å². The molecular formula is C26H28FN5O. The number of anilines is 2. The number of aromatic nitrogens is 1. The van der Waals surface area contributed by atoms with Crippen LogP contribution in [0.1, 0.15) is 22.0 Å². The third kappa shape index (κ3) is 4.68. The summed E-state index contributed by atoms with van der Waals surface area (Å²) in [5, 5.41) is 3.58. The summed E-state index contributed by atoms with van der Waals surface area (Å²) in [6.07, 6.45) is 1.76. The van der Waals surface area contributed by atoms with Gasteiger partial charge in [0.1, 0.15) is 11.6 Å². The van der Waals surface area contributed by atoms with Crippen molar-refractivity contribution in [3.63, 3.8) is 0 Å². The number of benzene rings is 2. The van der Waals surface area contributed by atoms with Crippen molar-refractivity contribution in [2.24, 2.45) is 0 Å². The lowest BCUT2D eigenvalue weighted by Gasteiger charge is -2.38. The number of hydrogen-bond acceptors (Lipinski definition) is 5. The van der Waals surface area contributed by atoms with E-state index in [4.69, 9.17) is 0 Å². The fourth-order valence-electron chi connectivity index (χ4n) is 4.66. The molecule has 0 saturated carbocycles. The lowest BCUT2D eigenvalue weighted by molar-refractivity contribution is 0.0747. The van der Waals surface area contributed by atoms with Crippen LogP contribution in [0.2, 0.25) is 0 Å². The quantitative estimate of drug-likeness (QED) is 0.668. The molecule has 0 bridgehead atoms. The average Bonchev–Trinajstić information content (AvgIpc) is 2.89. The normalized spacial score (nSPS) is 18.9. The fourth-order valence-corrected chi connectivity index (χ4v) is 4.66. The van der Waals surface area contributed by atoms with Gasteiger partial charge in [0.15, 0.2) is 0 Å². The molecule has 5 rings (SSSR count).